The molecule has 2 atom stereocenters. The predicted octanol–water partition coefficient (Wildman–Crippen LogP) is 3.33. The number of carbonyl (C=O) groups excluding carboxylic acids is 2. The molecule has 0 aromatic carbocycles. The van der Waals surface area contributed by atoms with E-state index in [0.717, 1.165) is 45.2 Å². The average Bonchev–Trinajstić information content (AvgIpc) is 3.07. The van der Waals surface area contributed by atoms with Gasteiger partial charge in [0, 0.05) is 19.1 Å². The van der Waals surface area contributed by atoms with E-state index in [1.165, 1.54) is 28.7 Å². The molecule has 8 heteroatoms. The van der Waals surface area contributed by atoms with Gasteiger partial charge in [-0.3, -0.25) is 19.0 Å². The molecule has 0 spiro atoms. The minimum atomic E-state index is -0.248. The van der Waals surface area contributed by atoms with Crippen molar-refractivity contribution < 1.29 is 9.59 Å². The molecular weight excluding hydrogens is 412 g/mol. The molecule has 2 aliphatic rings. The van der Waals surface area contributed by atoms with Gasteiger partial charge in [-0.05, 0) is 43.6 Å². The molecule has 4 rings (SSSR count). The third-order valence-corrected chi connectivity index (χ3v) is 7.79. The third-order valence-electron chi connectivity index (χ3n) is 6.59. The van der Waals surface area contributed by atoms with Crippen LogP contribution in [0.15, 0.2) is 11.1 Å². The summed E-state index contributed by atoms with van der Waals surface area (Å²) in [6, 6.07) is 0.211. The first kappa shape index (κ1) is 22.0. The molecule has 1 saturated heterocycles. The van der Waals surface area contributed by atoms with Crippen molar-refractivity contribution in [2.75, 3.05) is 13.1 Å². The Labute approximate surface area is 186 Å². The third kappa shape index (κ3) is 4.68. The van der Waals surface area contributed by atoms with Gasteiger partial charge in [-0.15, -0.1) is 11.3 Å². The molecule has 0 radical (unpaired) electrons. The van der Waals surface area contributed by atoms with E-state index in [2.05, 4.69) is 24.1 Å². The van der Waals surface area contributed by atoms with Gasteiger partial charge in [-0.2, -0.15) is 0 Å². The lowest BCUT2D eigenvalue weighted by atomic mass is 9.92. The summed E-state index contributed by atoms with van der Waals surface area (Å²) < 4.78 is 1.39. The smallest absolute Gasteiger partial charge is 0.262 e. The number of fused-ring (bicyclic) bond motifs is 1. The quantitative estimate of drug-likeness (QED) is 0.784. The molecule has 7 nitrogen and oxygen atoms in total. The van der Waals surface area contributed by atoms with Crippen LogP contribution in [0.2, 0.25) is 0 Å². The predicted molar refractivity (Wildman–Crippen MR) is 122 cm³/mol. The van der Waals surface area contributed by atoms with Gasteiger partial charge in [-0.1, -0.05) is 33.1 Å². The Morgan fingerprint density at radius 2 is 1.84 bits per heavy atom. The van der Waals surface area contributed by atoms with E-state index in [1.54, 1.807) is 6.92 Å². The van der Waals surface area contributed by atoms with Gasteiger partial charge >= 0.3 is 0 Å². The second kappa shape index (κ2) is 9.10. The number of hydrogen-bond donors (Lipinski definition) is 1. The molecule has 0 unspecified atom stereocenters. The first-order chi connectivity index (χ1) is 14.8. The number of nitrogens with zero attached hydrogens (tertiary/aromatic N) is 3. The molecule has 1 aliphatic carbocycles. The molecule has 3 heterocycles. The number of aryl methyl sites for hydroxylation is 1. The van der Waals surface area contributed by atoms with E-state index >= 15 is 0 Å². The largest absolute Gasteiger partial charge is 0.349 e. The van der Waals surface area contributed by atoms with Crippen LogP contribution in [-0.2, 0) is 11.3 Å². The lowest BCUT2D eigenvalue weighted by molar-refractivity contribution is -0.134. The van der Waals surface area contributed by atoms with E-state index in [4.69, 9.17) is 0 Å². The van der Waals surface area contributed by atoms with Crippen molar-refractivity contribution in [2.24, 2.45) is 11.8 Å². The standard InChI is InChI=1S/C23H32N4O3S/c1-14-9-15(2)11-26(10-14)18(28)12-27-13-24-22-19(23(27)30)16(3)20(31-22)21(29)25-17-7-5-4-6-8-17/h13-15,17H,4-12H2,1-3H3,(H,25,29)/t14-,15-/m0/s1. The summed E-state index contributed by atoms with van der Waals surface area (Å²) in [6.45, 7) is 7.57. The maximum Gasteiger partial charge on any atom is 0.262 e. The Bertz CT molecular complexity index is 1030. The molecule has 0 bridgehead atoms. The second-order valence-electron chi connectivity index (χ2n) is 9.47. The molecule has 2 amide bonds. The molecule has 2 fully saturated rings. The van der Waals surface area contributed by atoms with Crippen LogP contribution in [0.5, 0.6) is 0 Å². The summed E-state index contributed by atoms with van der Waals surface area (Å²) in [6.07, 6.45) is 8.10. The molecule has 2 aromatic rings. The average molecular weight is 445 g/mol. The number of hydrogen-bond acceptors (Lipinski definition) is 5. The van der Waals surface area contributed by atoms with Crippen LogP contribution in [0, 0.1) is 18.8 Å². The highest BCUT2D eigenvalue weighted by Gasteiger charge is 2.27. The fourth-order valence-electron chi connectivity index (χ4n) is 5.10. The van der Waals surface area contributed by atoms with Crippen LogP contribution in [0.4, 0.5) is 0 Å². The van der Waals surface area contributed by atoms with Crippen LogP contribution in [0.1, 0.15) is 67.6 Å². The van der Waals surface area contributed by atoms with Crippen molar-refractivity contribution >= 4 is 33.4 Å². The summed E-state index contributed by atoms with van der Waals surface area (Å²) in [5, 5.41) is 3.58. The molecule has 1 aliphatic heterocycles. The lowest BCUT2D eigenvalue weighted by Gasteiger charge is -2.35. The van der Waals surface area contributed by atoms with E-state index in [0.29, 0.717) is 32.5 Å². The van der Waals surface area contributed by atoms with Crippen LogP contribution in [0.25, 0.3) is 10.2 Å². The zero-order valence-corrected chi connectivity index (χ0v) is 19.5. The van der Waals surface area contributed by atoms with Gasteiger partial charge in [0.2, 0.25) is 5.91 Å². The van der Waals surface area contributed by atoms with Crippen molar-refractivity contribution in [3.63, 3.8) is 0 Å². The van der Waals surface area contributed by atoms with Crippen molar-refractivity contribution in [3.05, 3.63) is 27.1 Å². The zero-order valence-electron chi connectivity index (χ0n) is 18.6. The molecule has 1 saturated carbocycles. The number of rotatable bonds is 4. The van der Waals surface area contributed by atoms with Crippen LogP contribution >= 0.6 is 11.3 Å². The van der Waals surface area contributed by atoms with Crippen molar-refractivity contribution in [2.45, 2.75) is 71.9 Å². The maximum atomic E-state index is 13.1. The molecule has 31 heavy (non-hydrogen) atoms. The Kier molecular flexibility index (Phi) is 6.46. The monoisotopic (exact) mass is 444 g/mol. The van der Waals surface area contributed by atoms with E-state index in [9.17, 15) is 14.4 Å². The summed E-state index contributed by atoms with van der Waals surface area (Å²) >= 11 is 1.26. The lowest BCUT2D eigenvalue weighted by Crippen LogP contribution is -2.44. The number of thiophene rings is 1. The van der Waals surface area contributed by atoms with Gasteiger partial charge in [-0.25, -0.2) is 4.98 Å². The highest BCUT2D eigenvalue weighted by molar-refractivity contribution is 7.20. The van der Waals surface area contributed by atoms with Gasteiger partial charge < -0.3 is 10.2 Å². The van der Waals surface area contributed by atoms with Crippen molar-refractivity contribution in [1.82, 2.24) is 19.8 Å². The normalized spacial score (nSPS) is 22.6. The second-order valence-corrected chi connectivity index (χ2v) is 10.5. The Morgan fingerprint density at radius 1 is 1.16 bits per heavy atom. The highest BCUT2D eigenvalue weighted by atomic mass is 32.1. The Hall–Kier alpha value is -2.22. The summed E-state index contributed by atoms with van der Waals surface area (Å²) in [5.74, 6) is 0.763. The summed E-state index contributed by atoms with van der Waals surface area (Å²) in [4.78, 5) is 46.2. The Morgan fingerprint density at radius 3 is 2.52 bits per heavy atom. The molecule has 1 N–H and O–H groups in total. The molecule has 2 aromatic heterocycles. The number of piperidine rings is 1. The highest BCUT2D eigenvalue weighted by Crippen LogP contribution is 2.28. The molecule has 168 valence electrons. The van der Waals surface area contributed by atoms with Crippen molar-refractivity contribution in [1.29, 1.82) is 0 Å². The van der Waals surface area contributed by atoms with Crippen LogP contribution < -0.4 is 10.9 Å². The van der Waals surface area contributed by atoms with E-state index in [-0.39, 0.29) is 30.0 Å². The fraction of sp³-hybridized carbons (Fsp3) is 0.652. The van der Waals surface area contributed by atoms with Gasteiger partial charge in [0.25, 0.3) is 11.5 Å². The SMILES string of the molecule is Cc1c(C(=O)NC2CCCCC2)sc2ncn(CC(=O)N3C[C@@H](C)C[C@H](C)C3)c(=O)c12. The van der Waals surface area contributed by atoms with E-state index < -0.39 is 0 Å². The molecular formula is C23H32N4O3S. The summed E-state index contributed by atoms with van der Waals surface area (Å²) in [5.41, 5.74) is 0.412. The van der Waals surface area contributed by atoms with Gasteiger partial charge in [0.15, 0.2) is 0 Å². The first-order valence-corrected chi connectivity index (χ1v) is 12.2. The number of aromatic nitrogens is 2. The Balaban J connectivity index is 1.54. The first-order valence-electron chi connectivity index (χ1n) is 11.4. The fourth-order valence-corrected chi connectivity index (χ4v) is 6.14. The van der Waals surface area contributed by atoms with Crippen LogP contribution in [-0.4, -0.2) is 45.4 Å². The van der Waals surface area contributed by atoms with Gasteiger partial charge in [0.05, 0.1) is 16.6 Å². The zero-order chi connectivity index (χ0) is 22.1. The topological polar surface area (TPSA) is 84.3 Å². The van der Waals surface area contributed by atoms with Crippen LogP contribution in [0.3, 0.4) is 0 Å². The number of carbonyl (C=O) groups is 2. The minimum absolute atomic E-state index is 0.0138. The summed E-state index contributed by atoms with van der Waals surface area (Å²) in [7, 11) is 0. The van der Waals surface area contributed by atoms with Gasteiger partial charge in [0.1, 0.15) is 11.4 Å². The maximum absolute atomic E-state index is 13.1. The minimum Gasteiger partial charge on any atom is -0.349 e. The number of nitrogens with one attached hydrogen (secondary N) is 1. The number of likely N-dealkylation sites (tertiary alicyclic amines) is 1. The van der Waals surface area contributed by atoms with E-state index in [1.807, 2.05) is 4.90 Å². The van der Waals surface area contributed by atoms with Crippen molar-refractivity contribution in [3.8, 4) is 0 Å². The number of amides is 2.